The molecule has 1 aromatic carbocycles. The fourth-order valence-electron chi connectivity index (χ4n) is 3.35. The zero-order valence-electron chi connectivity index (χ0n) is 15.1. The maximum atomic E-state index is 14.4. The van der Waals surface area contributed by atoms with Crippen LogP contribution in [-0.2, 0) is 10.2 Å². The van der Waals surface area contributed by atoms with Crippen molar-refractivity contribution in [2.45, 2.75) is 70.9 Å². The van der Waals surface area contributed by atoms with Gasteiger partial charge in [0.05, 0.1) is 11.1 Å². The Morgan fingerprint density at radius 3 is 2.12 bits per heavy atom. The number of hydrogen-bond acceptors (Lipinski definition) is 1. The third kappa shape index (κ3) is 3.53. The van der Waals surface area contributed by atoms with Crippen LogP contribution >= 0.6 is 0 Å². The fraction of sp³-hybridized carbons (Fsp3) is 0.632. The molecule has 1 aliphatic heterocycles. The summed E-state index contributed by atoms with van der Waals surface area (Å²) in [7, 11) is 0. The lowest BCUT2D eigenvalue weighted by Gasteiger charge is -2.20. The molecule has 1 amide bonds. The first-order chi connectivity index (χ1) is 11.8. The standard InChI is InChI=1S/C15H13F4NO.2C2H6/c16-10-5-9(8-1-2-8)6-11-12(10)14(3-4-14)13(21)20(11)7-15(17,18)19;2*1-2/h5-6,8H,1-4,7H2;2*1-2H3. The molecule has 6 heteroatoms. The molecule has 0 radical (unpaired) electrons. The number of alkyl halides is 3. The van der Waals surface area contributed by atoms with Crippen LogP contribution in [0, 0.1) is 5.82 Å². The zero-order valence-corrected chi connectivity index (χ0v) is 15.1. The van der Waals surface area contributed by atoms with Gasteiger partial charge in [0, 0.05) is 5.56 Å². The lowest BCUT2D eigenvalue weighted by atomic mass is 9.95. The van der Waals surface area contributed by atoms with E-state index in [4.69, 9.17) is 0 Å². The molecular weight excluding hydrogens is 334 g/mol. The minimum absolute atomic E-state index is 0.136. The molecule has 2 saturated carbocycles. The van der Waals surface area contributed by atoms with Crippen LogP contribution in [-0.4, -0.2) is 18.6 Å². The quantitative estimate of drug-likeness (QED) is 0.621. The smallest absolute Gasteiger partial charge is 0.302 e. The molecule has 4 rings (SSSR count). The van der Waals surface area contributed by atoms with Crippen LogP contribution < -0.4 is 4.90 Å². The van der Waals surface area contributed by atoms with Crippen molar-refractivity contribution in [1.82, 2.24) is 0 Å². The lowest BCUT2D eigenvalue weighted by Crippen LogP contribution is -2.39. The van der Waals surface area contributed by atoms with Crippen LogP contribution in [0.4, 0.5) is 23.2 Å². The van der Waals surface area contributed by atoms with Crippen molar-refractivity contribution in [3.05, 3.63) is 29.1 Å². The number of halogens is 4. The Morgan fingerprint density at radius 2 is 1.68 bits per heavy atom. The third-order valence-corrected chi connectivity index (χ3v) is 4.65. The number of carbonyl (C=O) groups is 1. The van der Waals surface area contributed by atoms with Crippen molar-refractivity contribution in [2.24, 2.45) is 0 Å². The van der Waals surface area contributed by atoms with Crippen LogP contribution in [0.2, 0.25) is 0 Å². The fourth-order valence-corrected chi connectivity index (χ4v) is 3.35. The van der Waals surface area contributed by atoms with E-state index in [2.05, 4.69) is 0 Å². The van der Waals surface area contributed by atoms with Gasteiger partial charge in [0.25, 0.3) is 0 Å². The monoisotopic (exact) mass is 359 g/mol. The highest BCUT2D eigenvalue weighted by Gasteiger charge is 2.61. The molecule has 0 bridgehead atoms. The maximum absolute atomic E-state index is 14.4. The first kappa shape index (κ1) is 19.7. The molecule has 0 saturated heterocycles. The average Bonchev–Trinajstić information content (AvgIpc) is 3.47. The largest absolute Gasteiger partial charge is 0.406 e. The second kappa shape index (κ2) is 6.96. The molecule has 0 N–H and O–H groups in total. The van der Waals surface area contributed by atoms with E-state index in [-0.39, 0.29) is 17.2 Å². The van der Waals surface area contributed by atoms with Gasteiger partial charge in [-0.1, -0.05) is 27.7 Å². The molecule has 1 heterocycles. The molecule has 25 heavy (non-hydrogen) atoms. The summed E-state index contributed by atoms with van der Waals surface area (Å²) >= 11 is 0. The summed E-state index contributed by atoms with van der Waals surface area (Å²) in [6.45, 7) is 6.66. The number of nitrogens with zero attached hydrogens (tertiary/aromatic N) is 1. The second-order valence-corrected chi connectivity index (χ2v) is 6.26. The van der Waals surface area contributed by atoms with E-state index in [1.54, 1.807) is 6.07 Å². The van der Waals surface area contributed by atoms with E-state index in [9.17, 15) is 22.4 Å². The minimum Gasteiger partial charge on any atom is -0.302 e. The summed E-state index contributed by atoms with van der Waals surface area (Å²) in [5.74, 6) is -0.894. The zero-order chi connectivity index (χ0) is 19.0. The summed E-state index contributed by atoms with van der Waals surface area (Å²) in [6.07, 6.45) is -1.76. The van der Waals surface area contributed by atoms with Crippen molar-refractivity contribution in [1.29, 1.82) is 0 Å². The Hall–Kier alpha value is -1.59. The predicted octanol–water partition coefficient (Wildman–Crippen LogP) is 5.70. The molecule has 0 aromatic heterocycles. The van der Waals surface area contributed by atoms with E-state index >= 15 is 0 Å². The van der Waals surface area contributed by atoms with Gasteiger partial charge in [0.2, 0.25) is 5.91 Å². The van der Waals surface area contributed by atoms with Gasteiger partial charge in [0.1, 0.15) is 12.4 Å². The molecule has 3 aliphatic rings. The van der Waals surface area contributed by atoms with Crippen LogP contribution in [0.5, 0.6) is 0 Å². The minimum atomic E-state index is -4.49. The highest BCUT2D eigenvalue weighted by molar-refractivity contribution is 6.10. The third-order valence-electron chi connectivity index (χ3n) is 4.65. The lowest BCUT2D eigenvalue weighted by molar-refractivity contribution is -0.132. The molecule has 2 fully saturated rings. The van der Waals surface area contributed by atoms with Crippen LogP contribution in [0.1, 0.15) is 70.4 Å². The summed E-state index contributed by atoms with van der Waals surface area (Å²) in [5.41, 5.74) is 0.00836. The summed E-state index contributed by atoms with van der Waals surface area (Å²) < 4.78 is 52.6. The molecular formula is C19H25F4NO. The van der Waals surface area contributed by atoms with Crippen molar-refractivity contribution in [3.63, 3.8) is 0 Å². The Morgan fingerprint density at radius 1 is 1.12 bits per heavy atom. The maximum Gasteiger partial charge on any atom is 0.406 e. The summed E-state index contributed by atoms with van der Waals surface area (Å²) in [4.78, 5) is 13.1. The van der Waals surface area contributed by atoms with E-state index in [0.717, 1.165) is 17.7 Å². The molecule has 2 aliphatic carbocycles. The average molecular weight is 359 g/mol. The Bertz CT molecular complexity index is 646. The van der Waals surface area contributed by atoms with Gasteiger partial charge < -0.3 is 4.90 Å². The number of benzene rings is 1. The van der Waals surface area contributed by atoms with E-state index in [1.807, 2.05) is 27.7 Å². The summed E-state index contributed by atoms with van der Waals surface area (Å²) in [5, 5.41) is 0. The molecule has 140 valence electrons. The van der Waals surface area contributed by atoms with Crippen molar-refractivity contribution >= 4 is 11.6 Å². The first-order valence-electron chi connectivity index (χ1n) is 9.04. The molecule has 0 atom stereocenters. The molecule has 1 spiro atoms. The highest BCUT2D eigenvalue weighted by Crippen LogP contribution is 2.59. The van der Waals surface area contributed by atoms with Gasteiger partial charge in [-0.25, -0.2) is 4.39 Å². The molecule has 2 nitrogen and oxygen atoms in total. The van der Waals surface area contributed by atoms with Crippen molar-refractivity contribution in [3.8, 4) is 0 Å². The highest BCUT2D eigenvalue weighted by atomic mass is 19.4. The van der Waals surface area contributed by atoms with Gasteiger partial charge in [-0.15, -0.1) is 0 Å². The topological polar surface area (TPSA) is 20.3 Å². The molecule has 0 unspecified atom stereocenters. The Kier molecular flexibility index (Phi) is 5.50. The van der Waals surface area contributed by atoms with Gasteiger partial charge >= 0.3 is 6.18 Å². The number of anilines is 1. The van der Waals surface area contributed by atoms with Crippen LogP contribution in [0.3, 0.4) is 0 Å². The van der Waals surface area contributed by atoms with Gasteiger partial charge in [-0.05, 0) is 49.3 Å². The van der Waals surface area contributed by atoms with E-state index in [0.29, 0.717) is 18.4 Å². The SMILES string of the molecule is CC.CC.O=C1N(CC(F)(F)F)c2cc(C3CC3)cc(F)c2C12CC2. The van der Waals surface area contributed by atoms with Crippen molar-refractivity contribution < 1.29 is 22.4 Å². The first-order valence-corrected chi connectivity index (χ1v) is 9.04. The van der Waals surface area contributed by atoms with Crippen LogP contribution in [0.15, 0.2) is 12.1 Å². The Labute approximate surface area is 146 Å². The van der Waals surface area contributed by atoms with E-state index < -0.39 is 29.9 Å². The predicted molar refractivity (Wildman–Crippen MR) is 90.4 cm³/mol. The van der Waals surface area contributed by atoms with Crippen molar-refractivity contribution in [2.75, 3.05) is 11.4 Å². The van der Waals surface area contributed by atoms with Gasteiger partial charge in [0.15, 0.2) is 0 Å². The number of fused-ring (bicyclic) bond motifs is 2. The second-order valence-electron chi connectivity index (χ2n) is 6.26. The van der Waals surface area contributed by atoms with Gasteiger partial charge in [-0.3, -0.25) is 4.79 Å². The number of carbonyl (C=O) groups excluding carboxylic acids is 1. The van der Waals surface area contributed by atoms with E-state index in [1.165, 1.54) is 6.07 Å². The normalized spacial score (nSPS) is 19.7. The number of rotatable bonds is 2. The van der Waals surface area contributed by atoms with Gasteiger partial charge in [-0.2, -0.15) is 13.2 Å². The van der Waals surface area contributed by atoms with Crippen LogP contribution in [0.25, 0.3) is 0 Å². The molecule has 1 aromatic rings. The number of hydrogen-bond donors (Lipinski definition) is 0. The Balaban J connectivity index is 0.000000528. The number of amides is 1. The summed E-state index contributed by atoms with van der Waals surface area (Å²) in [6, 6.07) is 2.99.